The molecule has 0 spiro atoms. The lowest BCUT2D eigenvalue weighted by Gasteiger charge is -2.32. The Balaban J connectivity index is 1.43. The second-order valence-corrected chi connectivity index (χ2v) is 11.9. The highest BCUT2D eigenvalue weighted by Gasteiger charge is 2.53. The normalized spacial score (nSPS) is 21.4. The van der Waals surface area contributed by atoms with E-state index < -0.39 is 18.3 Å². The summed E-state index contributed by atoms with van der Waals surface area (Å²) in [7, 11) is -0.468. The van der Waals surface area contributed by atoms with Crippen molar-refractivity contribution in [3.05, 3.63) is 112 Å². The Hall–Kier alpha value is -3.32. The Bertz CT molecular complexity index is 1720. The van der Waals surface area contributed by atoms with Crippen LogP contribution in [0, 0.1) is 0 Å². The maximum absolute atomic E-state index is 6.46. The van der Waals surface area contributed by atoms with Crippen molar-refractivity contribution >= 4 is 34.2 Å². The van der Waals surface area contributed by atoms with E-state index in [0.29, 0.717) is 0 Å². The number of hydrogen-bond donors (Lipinski definition) is 0. The first-order valence-electron chi connectivity index (χ1n) is 12.7. The van der Waals surface area contributed by atoms with E-state index in [9.17, 15) is 0 Å². The minimum absolute atomic E-state index is 0.103. The summed E-state index contributed by atoms with van der Waals surface area (Å²) in [4.78, 5) is 10.2. The van der Waals surface area contributed by atoms with Crippen molar-refractivity contribution in [1.82, 2.24) is 4.98 Å². The molecule has 0 saturated carbocycles. The van der Waals surface area contributed by atoms with Gasteiger partial charge in [-0.25, -0.2) is 9.98 Å². The van der Waals surface area contributed by atoms with Gasteiger partial charge in [0.25, 0.3) is 0 Å². The van der Waals surface area contributed by atoms with Crippen molar-refractivity contribution in [3.63, 3.8) is 0 Å². The van der Waals surface area contributed by atoms with Gasteiger partial charge in [-0.2, -0.15) is 0 Å². The molecular formula is C31H27BN2O2S. The number of thiazole rings is 1. The number of hydrogen-bond acceptors (Lipinski definition) is 5. The van der Waals surface area contributed by atoms with E-state index in [1.165, 1.54) is 15.8 Å². The van der Waals surface area contributed by atoms with E-state index >= 15 is 0 Å². The molecule has 3 heterocycles. The van der Waals surface area contributed by atoms with E-state index in [1.807, 2.05) is 6.07 Å². The van der Waals surface area contributed by atoms with Crippen LogP contribution in [0.3, 0.4) is 0 Å². The van der Waals surface area contributed by atoms with E-state index in [1.54, 1.807) is 11.3 Å². The average molecular weight is 502 g/mol. The smallest absolute Gasteiger partial charge is 0.399 e. The molecule has 0 bridgehead atoms. The fourth-order valence-electron chi connectivity index (χ4n) is 5.29. The zero-order chi connectivity index (χ0) is 25.4. The summed E-state index contributed by atoms with van der Waals surface area (Å²) in [6.07, 6.45) is 4.42. The second kappa shape index (κ2) is 8.09. The van der Waals surface area contributed by atoms with Gasteiger partial charge in [0.2, 0.25) is 0 Å². The Morgan fingerprint density at radius 2 is 1.54 bits per heavy atom. The van der Waals surface area contributed by atoms with Gasteiger partial charge >= 0.3 is 7.12 Å². The van der Waals surface area contributed by atoms with Crippen LogP contribution >= 0.6 is 11.3 Å². The van der Waals surface area contributed by atoms with E-state index in [2.05, 4.69) is 107 Å². The molecule has 1 unspecified atom stereocenters. The highest BCUT2D eigenvalue weighted by atomic mass is 32.1. The maximum Gasteiger partial charge on any atom is 0.497 e. The summed E-state index contributed by atoms with van der Waals surface area (Å²) >= 11 is 1.73. The van der Waals surface area contributed by atoms with Crippen molar-refractivity contribution in [2.24, 2.45) is 4.99 Å². The lowest BCUT2D eigenvalue weighted by molar-refractivity contribution is 0.00578. The van der Waals surface area contributed by atoms with Crippen LogP contribution in [0.1, 0.15) is 39.2 Å². The number of nitrogens with zero attached hydrogens (tertiary/aromatic N) is 2. The van der Waals surface area contributed by atoms with Gasteiger partial charge in [-0.3, -0.25) is 0 Å². The number of aromatic nitrogens is 1. The van der Waals surface area contributed by atoms with Crippen LogP contribution in [-0.2, 0) is 9.31 Å². The molecule has 0 radical (unpaired) electrons. The molecule has 1 saturated heterocycles. The Morgan fingerprint density at radius 3 is 2.24 bits per heavy atom. The minimum atomic E-state index is -0.468. The Labute approximate surface area is 220 Å². The van der Waals surface area contributed by atoms with Gasteiger partial charge in [0.1, 0.15) is 5.01 Å². The standard InChI is InChI=1S/C31H27BN2O2S/c1-30(2)31(3,4)36-32(35-30)23-16-15-21(19-11-7-5-8-12-19)27-22-17-26-25(18-24(22)33-28(23)27)34-29(37-26)20-13-9-6-10-14-20/h5-18,21H,1-4H3. The third-order valence-electron chi connectivity index (χ3n) is 8.02. The lowest BCUT2D eigenvalue weighted by Crippen LogP contribution is -2.41. The molecule has 0 amide bonds. The van der Waals surface area contributed by atoms with E-state index in [-0.39, 0.29) is 5.92 Å². The second-order valence-electron chi connectivity index (χ2n) is 10.9. The SMILES string of the molecule is CC1(C)OB(C2=C3N=c4cc5nc(-c6ccccc6)sc5cc4=C3C(c3ccccc3)C=C2)OC1(C)C. The molecule has 4 aromatic rings. The van der Waals surface area contributed by atoms with Crippen LogP contribution in [0.2, 0.25) is 0 Å². The van der Waals surface area contributed by atoms with Crippen molar-refractivity contribution in [2.75, 3.05) is 0 Å². The predicted octanol–water partition coefficient (Wildman–Crippen LogP) is 5.99. The summed E-state index contributed by atoms with van der Waals surface area (Å²) in [5, 5.41) is 3.15. The zero-order valence-electron chi connectivity index (χ0n) is 21.4. The third-order valence-corrected chi connectivity index (χ3v) is 9.09. The molecule has 1 aromatic heterocycles. The molecule has 4 nitrogen and oxygen atoms in total. The average Bonchev–Trinajstić information content (AvgIpc) is 3.54. The number of fused-ring (bicyclic) bond motifs is 3. The summed E-state index contributed by atoms with van der Waals surface area (Å²) in [6, 6.07) is 25.4. The highest BCUT2D eigenvalue weighted by molar-refractivity contribution is 7.21. The van der Waals surface area contributed by atoms with E-state index in [0.717, 1.165) is 37.8 Å². The Kier molecular flexibility index (Phi) is 5.00. The molecule has 3 aliphatic rings. The molecule has 3 aromatic carbocycles. The fourth-order valence-corrected chi connectivity index (χ4v) is 6.28. The molecule has 6 heteroatoms. The molecule has 37 heavy (non-hydrogen) atoms. The molecule has 1 fully saturated rings. The first-order valence-corrected chi connectivity index (χ1v) is 13.5. The topological polar surface area (TPSA) is 43.7 Å². The van der Waals surface area contributed by atoms with Gasteiger partial charge in [-0.05, 0) is 51.0 Å². The third kappa shape index (κ3) is 3.58. The first kappa shape index (κ1) is 22.8. The lowest BCUT2D eigenvalue weighted by atomic mass is 9.70. The predicted molar refractivity (Wildman–Crippen MR) is 151 cm³/mol. The number of allylic oxidation sites excluding steroid dienone is 4. The fraction of sp³-hybridized carbons (Fsp3) is 0.226. The summed E-state index contributed by atoms with van der Waals surface area (Å²) in [5.41, 5.74) is 5.70. The van der Waals surface area contributed by atoms with Crippen LogP contribution in [0.5, 0.6) is 0 Å². The van der Waals surface area contributed by atoms with Gasteiger partial charge in [-0.15, -0.1) is 11.3 Å². The van der Waals surface area contributed by atoms with E-state index in [4.69, 9.17) is 19.3 Å². The molecule has 7 rings (SSSR count). The summed E-state index contributed by atoms with van der Waals surface area (Å²) < 4.78 is 14.1. The number of benzene rings is 3. The molecule has 182 valence electrons. The first-order chi connectivity index (χ1) is 17.8. The van der Waals surface area contributed by atoms with Crippen LogP contribution in [-0.4, -0.2) is 23.3 Å². The Morgan fingerprint density at radius 1 is 0.865 bits per heavy atom. The van der Waals surface area contributed by atoms with Crippen molar-refractivity contribution in [1.29, 1.82) is 0 Å². The van der Waals surface area contributed by atoms with Gasteiger partial charge in [0, 0.05) is 22.2 Å². The molecule has 1 aliphatic carbocycles. The maximum atomic E-state index is 6.46. The molecule has 1 atom stereocenters. The summed E-state index contributed by atoms with van der Waals surface area (Å²) in [5.74, 6) is 0.103. The van der Waals surface area contributed by atoms with Crippen LogP contribution in [0.15, 0.2) is 101 Å². The van der Waals surface area contributed by atoms with Crippen molar-refractivity contribution < 1.29 is 9.31 Å². The largest absolute Gasteiger partial charge is 0.497 e. The highest BCUT2D eigenvalue weighted by Crippen LogP contribution is 2.44. The van der Waals surface area contributed by atoms with Crippen molar-refractivity contribution in [2.45, 2.75) is 44.8 Å². The van der Waals surface area contributed by atoms with Gasteiger partial charge < -0.3 is 9.31 Å². The van der Waals surface area contributed by atoms with Crippen LogP contribution in [0.25, 0.3) is 26.4 Å². The molecular weight excluding hydrogens is 475 g/mol. The monoisotopic (exact) mass is 502 g/mol. The van der Waals surface area contributed by atoms with Gasteiger partial charge in [0.05, 0.1) is 32.5 Å². The van der Waals surface area contributed by atoms with Crippen LogP contribution in [0.4, 0.5) is 0 Å². The van der Waals surface area contributed by atoms with Crippen molar-refractivity contribution in [3.8, 4) is 10.6 Å². The molecule has 0 N–H and O–H groups in total. The summed E-state index contributed by atoms with van der Waals surface area (Å²) in [6.45, 7) is 8.36. The quantitative estimate of drug-likeness (QED) is 0.324. The van der Waals surface area contributed by atoms with Gasteiger partial charge in [0.15, 0.2) is 0 Å². The zero-order valence-corrected chi connectivity index (χ0v) is 22.2. The molecule has 2 aliphatic heterocycles. The van der Waals surface area contributed by atoms with Gasteiger partial charge in [-0.1, -0.05) is 72.8 Å². The minimum Gasteiger partial charge on any atom is -0.399 e. The number of rotatable bonds is 3. The van der Waals surface area contributed by atoms with Crippen LogP contribution < -0.4 is 10.6 Å².